The van der Waals surface area contributed by atoms with Crippen molar-refractivity contribution in [3.63, 3.8) is 0 Å². The summed E-state index contributed by atoms with van der Waals surface area (Å²) in [6.07, 6.45) is -10.2. The highest BCUT2D eigenvalue weighted by Crippen LogP contribution is 2.45. The molecule has 4 aromatic rings. The molecule has 40 heavy (non-hydrogen) atoms. The minimum absolute atomic E-state index is 0.00435. The molecule has 4 rings (SSSR count). The third kappa shape index (κ3) is 6.34. The van der Waals surface area contributed by atoms with Gasteiger partial charge in [0.1, 0.15) is 11.5 Å². The normalized spacial score (nSPS) is 11.7. The number of esters is 2. The summed E-state index contributed by atoms with van der Waals surface area (Å²) < 4.78 is 94.0. The number of anilines is 2. The van der Waals surface area contributed by atoms with E-state index in [9.17, 15) is 35.9 Å². The number of halogens is 6. The maximum atomic E-state index is 14.0. The maximum Gasteiger partial charge on any atom is 0.417 e. The van der Waals surface area contributed by atoms with Crippen molar-refractivity contribution in [3.8, 4) is 22.6 Å². The van der Waals surface area contributed by atoms with E-state index in [1.807, 2.05) is 0 Å². The Hall–Kier alpha value is -5.00. The van der Waals surface area contributed by atoms with Crippen molar-refractivity contribution in [1.29, 1.82) is 0 Å². The second kappa shape index (κ2) is 10.6. The highest BCUT2D eigenvalue weighted by Gasteiger charge is 2.39. The lowest BCUT2D eigenvalue weighted by Crippen LogP contribution is -2.14. The van der Waals surface area contributed by atoms with E-state index in [0.717, 1.165) is 24.3 Å². The van der Waals surface area contributed by atoms with Gasteiger partial charge in [-0.2, -0.15) is 26.3 Å². The Labute approximate surface area is 222 Å². The van der Waals surface area contributed by atoms with Crippen molar-refractivity contribution in [2.45, 2.75) is 12.4 Å². The number of nitrogen functional groups attached to an aromatic ring is 2. The van der Waals surface area contributed by atoms with E-state index in [1.54, 1.807) is 0 Å². The number of carbonyl (C=O) groups is 2. The zero-order valence-electron chi connectivity index (χ0n) is 20.1. The van der Waals surface area contributed by atoms with E-state index in [-0.39, 0.29) is 11.1 Å². The minimum atomic E-state index is -5.12. The highest BCUT2D eigenvalue weighted by atomic mass is 19.4. The number of benzene rings is 4. The van der Waals surface area contributed by atoms with Crippen LogP contribution in [0.3, 0.4) is 0 Å². The molecule has 0 unspecified atom stereocenters. The van der Waals surface area contributed by atoms with Gasteiger partial charge in [-0.15, -0.1) is 0 Å². The second-order valence-corrected chi connectivity index (χ2v) is 8.43. The lowest BCUT2D eigenvalue weighted by molar-refractivity contribution is -0.139. The Morgan fingerprint density at radius 2 is 0.850 bits per heavy atom. The fourth-order valence-electron chi connectivity index (χ4n) is 3.68. The average molecular weight is 560 g/mol. The van der Waals surface area contributed by atoms with Crippen molar-refractivity contribution in [2.24, 2.45) is 0 Å². The van der Waals surface area contributed by atoms with Crippen LogP contribution < -0.4 is 20.9 Å². The quantitative estimate of drug-likeness (QED) is 0.118. The molecule has 0 aliphatic carbocycles. The van der Waals surface area contributed by atoms with Crippen molar-refractivity contribution in [2.75, 3.05) is 11.5 Å². The van der Waals surface area contributed by atoms with E-state index in [0.29, 0.717) is 23.5 Å². The van der Waals surface area contributed by atoms with Gasteiger partial charge in [-0.1, -0.05) is 12.1 Å². The lowest BCUT2D eigenvalue weighted by Gasteiger charge is -2.19. The molecule has 0 fully saturated rings. The van der Waals surface area contributed by atoms with Crippen LogP contribution in [-0.4, -0.2) is 11.9 Å². The molecule has 0 spiro atoms. The molecule has 0 aliphatic rings. The van der Waals surface area contributed by atoms with Gasteiger partial charge in [0.05, 0.1) is 22.3 Å². The molecule has 0 saturated carbocycles. The van der Waals surface area contributed by atoms with Crippen LogP contribution in [0.15, 0.2) is 84.9 Å². The number of ether oxygens (including phenoxy) is 2. The van der Waals surface area contributed by atoms with Gasteiger partial charge in [0.25, 0.3) is 0 Å². The molecule has 6 nitrogen and oxygen atoms in total. The van der Waals surface area contributed by atoms with E-state index in [2.05, 4.69) is 0 Å². The van der Waals surface area contributed by atoms with Crippen molar-refractivity contribution in [3.05, 3.63) is 107 Å². The molecule has 206 valence electrons. The van der Waals surface area contributed by atoms with Crippen molar-refractivity contribution in [1.82, 2.24) is 0 Å². The summed E-state index contributed by atoms with van der Waals surface area (Å²) in [6, 6.07) is 15.0. The monoisotopic (exact) mass is 560 g/mol. The van der Waals surface area contributed by atoms with E-state index >= 15 is 0 Å². The van der Waals surface area contributed by atoms with Gasteiger partial charge in [-0.25, -0.2) is 9.59 Å². The average Bonchev–Trinajstić information content (AvgIpc) is 2.88. The SMILES string of the molecule is Nc1ccc(C(=O)Oc2ccc(-c3ccc(OC(=O)c4ccc(N)cc4)cc3C(F)(F)F)c(C(F)(F)F)c2)cc1. The summed E-state index contributed by atoms with van der Waals surface area (Å²) in [5.74, 6) is -3.07. The fraction of sp³-hybridized carbons (Fsp3) is 0.0714. The van der Waals surface area contributed by atoms with Crippen LogP contribution in [0.25, 0.3) is 11.1 Å². The van der Waals surface area contributed by atoms with Crippen LogP contribution in [0.1, 0.15) is 31.8 Å². The Morgan fingerprint density at radius 3 is 1.15 bits per heavy atom. The van der Waals surface area contributed by atoms with Crippen LogP contribution in [0.2, 0.25) is 0 Å². The molecule has 0 bridgehead atoms. The van der Waals surface area contributed by atoms with E-state index < -0.39 is 58.0 Å². The molecule has 4 N–H and O–H groups in total. The topological polar surface area (TPSA) is 105 Å². The Morgan fingerprint density at radius 1 is 0.525 bits per heavy atom. The number of hydrogen-bond donors (Lipinski definition) is 2. The minimum Gasteiger partial charge on any atom is -0.423 e. The van der Waals surface area contributed by atoms with Crippen LogP contribution >= 0.6 is 0 Å². The molecule has 0 atom stereocenters. The molecule has 0 saturated heterocycles. The summed E-state index contributed by atoms with van der Waals surface area (Å²) in [5.41, 5.74) is 7.13. The molecular weight excluding hydrogens is 542 g/mol. The fourth-order valence-corrected chi connectivity index (χ4v) is 3.68. The van der Waals surface area contributed by atoms with Crippen LogP contribution in [0.5, 0.6) is 11.5 Å². The van der Waals surface area contributed by atoms with Gasteiger partial charge in [0, 0.05) is 11.4 Å². The predicted molar refractivity (Wildman–Crippen MR) is 134 cm³/mol. The first-order valence-electron chi connectivity index (χ1n) is 11.3. The lowest BCUT2D eigenvalue weighted by atomic mass is 9.94. The summed E-state index contributed by atoms with van der Waals surface area (Å²) in [6.45, 7) is 0. The first kappa shape index (κ1) is 28.0. The second-order valence-electron chi connectivity index (χ2n) is 8.43. The largest absolute Gasteiger partial charge is 0.423 e. The van der Waals surface area contributed by atoms with Gasteiger partial charge in [-0.05, 0) is 83.9 Å². The number of rotatable bonds is 5. The molecular formula is C28H18F6N2O4. The number of carbonyl (C=O) groups excluding carboxylic acids is 2. The van der Waals surface area contributed by atoms with Crippen molar-refractivity contribution < 1.29 is 45.4 Å². The molecule has 0 amide bonds. The van der Waals surface area contributed by atoms with E-state index in [1.165, 1.54) is 48.5 Å². The Balaban J connectivity index is 1.71. The summed E-state index contributed by atoms with van der Waals surface area (Å²) in [7, 11) is 0. The molecule has 12 heteroatoms. The first-order valence-corrected chi connectivity index (χ1v) is 11.3. The van der Waals surface area contributed by atoms with Crippen LogP contribution in [0.4, 0.5) is 37.7 Å². The zero-order chi connectivity index (χ0) is 29.2. The Kier molecular flexibility index (Phi) is 7.45. The van der Waals surface area contributed by atoms with Crippen molar-refractivity contribution >= 4 is 23.3 Å². The van der Waals surface area contributed by atoms with Gasteiger partial charge >= 0.3 is 24.3 Å². The smallest absolute Gasteiger partial charge is 0.417 e. The summed E-state index contributed by atoms with van der Waals surface area (Å²) >= 11 is 0. The van der Waals surface area contributed by atoms with E-state index in [4.69, 9.17) is 20.9 Å². The first-order chi connectivity index (χ1) is 18.7. The van der Waals surface area contributed by atoms with Gasteiger partial charge in [0.2, 0.25) is 0 Å². The summed E-state index contributed by atoms with van der Waals surface area (Å²) in [5, 5.41) is 0. The third-order valence-electron chi connectivity index (χ3n) is 5.60. The predicted octanol–water partition coefficient (Wildman–Crippen LogP) is 6.99. The zero-order valence-corrected chi connectivity index (χ0v) is 20.1. The van der Waals surface area contributed by atoms with Crippen LogP contribution in [-0.2, 0) is 12.4 Å². The van der Waals surface area contributed by atoms with Gasteiger partial charge in [-0.3, -0.25) is 0 Å². The van der Waals surface area contributed by atoms with Gasteiger partial charge < -0.3 is 20.9 Å². The molecule has 0 aromatic heterocycles. The Bertz CT molecular complexity index is 1450. The molecule has 4 aromatic carbocycles. The molecule has 0 radical (unpaired) electrons. The van der Waals surface area contributed by atoms with Gasteiger partial charge in [0.15, 0.2) is 0 Å². The third-order valence-corrected chi connectivity index (χ3v) is 5.60. The summed E-state index contributed by atoms with van der Waals surface area (Å²) in [4.78, 5) is 24.7. The molecule has 0 aliphatic heterocycles. The highest BCUT2D eigenvalue weighted by molar-refractivity contribution is 5.92. The van der Waals surface area contributed by atoms with Crippen LogP contribution in [0, 0.1) is 0 Å². The molecule has 0 heterocycles. The number of alkyl halides is 6. The standard InChI is InChI=1S/C28H18F6N2O4/c29-27(30,31)23-13-19(39-25(37)15-1-5-17(35)6-2-15)9-11-21(23)22-12-10-20(14-24(22)28(32,33)34)40-26(38)16-3-7-18(36)8-4-16/h1-14H,35-36H2. The number of hydrogen-bond acceptors (Lipinski definition) is 6. The number of nitrogens with two attached hydrogens (primary N) is 2. The maximum absolute atomic E-state index is 14.0.